The van der Waals surface area contributed by atoms with Crippen molar-refractivity contribution < 1.29 is 28.6 Å². The number of rotatable bonds is 11. The van der Waals surface area contributed by atoms with Crippen LogP contribution in [0.15, 0.2) is 91.5 Å². The molecule has 4 rings (SSSR count). The van der Waals surface area contributed by atoms with Crippen molar-refractivity contribution in [3.05, 3.63) is 108 Å². The molecule has 0 saturated carbocycles. The van der Waals surface area contributed by atoms with E-state index >= 15 is 0 Å². The minimum Gasteiger partial charge on any atom is -0.459 e. The van der Waals surface area contributed by atoms with E-state index in [4.69, 9.17) is 14.2 Å². The van der Waals surface area contributed by atoms with Crippen LogP contribution in [0.1, 0.15) is 62.2 Å². The van der Waals surface area contributed by atoms with Crippen molar-refractivity contribution in [1.29, 1.82) is 0 Å². The van der Waals surface area contributed by atoms with Crippen molar-refractivity contribution in [1.82, 2.24) is 0 Å². The van der Waals surface area contributed by atoms with Gasteiger partial charge in [-0.25, -0.2) is 0 Å². The number of esters is 2. The molecule has 44 heavy (non-hydrogen) atoms. The van der Waals surface area contributed by atoms with Gasteiger partial charge in [0.2, 0.25) is 0 Å². The van der Waals surface area contributed by atoms with Crippen LogP contribution < -0.4 is 15.4 Å². The zero-order chi connectivity index (χ0) is 31.9. The molecule has 1 atom stereocenters. The van der Waals surface area contributed by atoms with Crippen molar-refractivity contribution in [2.75, 3.05) is 23.8 Å². The lowest BCUT2D eigenvalue weighted by molar-refractivity contribution is -0.152. The molecule has 0 aromatic heterocycles. The Kier molecular flexibility index (Phi) is 10.2. The van der Waals surface area contributed by atoms with E-state index < -0.39 is 17.5 Å². The predicted octanol–water partition coefficient (Wildman–Crippen LogP) is 7.50. The van der Waals surface area contributed by atoms with Gasteiger partial charge in [-0.05, 0) is 68.7 Å². The fourth-order valence-corrected chi connectivity index (χ4v) is 4.58. The molecule has 1 saturated heterocycles. The molecule has 3 aromatic rings. The summed E-state index contributed by atoms with van der Waals surface area (Å²) in [6.45, 7) is 13.1. The minimum atomic E-state index is -0.586. The predicted molar refractivity (Wildman–Crippen MR) is 174 cm³/mol. The van der Waals surface area contributed by atoms with Crippen LogP contribution in [0.2, 0.25) is 0 Å². The summed E-state index contributed by atoms with van der Waals surface area (Å²) in [4.78, 5) is 38.1. The number of amides is 1. The molecule has 3 aromatic carbocycles. The van der Waals surface area contributed by atoms with E-state index in [1.54, 1.807) is 24.3 Å². The van der Waals surface area contributed by atoms with Crippen LogP contribution in [0.5, 0.6) is 5.75 Å². The molecule has 2 N–H and O–H groups in total. The molecule has 8 heteroatoms. The lowest BCUT2D eigenvalue weighted by Gasteiger charge is -2.20. The molecule has 0 aliphatic carbocycles. The smallest absolute Gasteiger partial charge is 0.325 e. The Labute approximate surface area is 258 Å². The number of benzene rings is 3. The molecule has 0 spiro atoms. The normalized spacial score (nSPS) is 14.6. The van der Waals surface area contributed by atoms with Crippen LogP contribution in [-0.2, 0) is 19.1 Å². The molecular weight excluding hydrogens is 556 g/mol. The molecular formula is C36H38N2O6. The molecule has 1 aliphatic heterocycles. The number of nitrogens with one attached hydrogen (secondary N) is 2. The average molecular weight is 595 g/mol. The van der Waals surface area contributed by atoms with Crippen LogP contribution >= 0.6 is 0 Å². The largest absolute Gasteiger partial charge is 0.459 e. The number of ether oxygens (including phenoxy) is 3. The highest BCUT2D eigenvalue weighted by Gasteiger charge is 2.29. The first-order chi connectivity index (χ1) is 21.0. The highest BCUT2D eigenvalue weighted by Crippen LogP contribution is 2.39. The molecule has 0 unspecified atom stereocenters. The van der Waals surface area contributed by atoms with Gasteiger partial charge in [-0.1, -0.05) is 67.3 Å². The number of epoxide rings is 1. The standard InChI is InChI=1S/C36H38N2O6/c1-7-9-12-24(8-2)25-16-18-32(43-23(3)39)29(19-25)35(41)38-31-20-26(15-17-28(31)33-22-42-33)27-13-10-11-14-30(27)37-21-34(40)44-36(4,5)6/h7-20,33,37H,2,21-22H2,1,3-6H3,(H,38,41)/b9-7-,24-12+/t33-/m1/s1. The van der Waals surface area contributed by atoms with Gasteiger partial charge in [0.15, 0.2) is 0 Å². The van der Waals surface area contributed by atoms with Crippen molar-refractivity contribution in [3.8, 4) is 16.9 Å². The quantitative estimate of drug-likeness (QED) is 0.102. The summed E-state index contributed by atoms with van der Waals surface area (Å²) in [6, 6.07) is 18.4. The first-order valence-electron chi connectivity index (χ1n) is 14.4. The summed E-state index contributed by atoms with van der Waals surface area (Å²) in [7, 11) is 0. The Bertz CT molecular complexity index is 1630. The fraction of sp³-hybridized carbons (Fsp3) is 0.250. The van der Waals surface area contributed by atoms with Crippen molar-refractivity contribution in [3.63, 3.8) is 0 Å². The van der Waals surface area contributed by atoms with Gasteiger partial charge in [-0.2, -0.15) is 0 Å². The summed E-state index contributed by atoms with van der Waals surface area (Å²) < 4.78 is 16.4. The number of allylic oxidation sites excluding steroid dienone is 5. The Morgan fingerprint density at radius 2 is 1.80 bits per heavy atom. The fourth-order valence-electron chi connectivity index (χ4n) is 4.58. The molecule has 228 valence electrons. The summed E-state index contributed by atoms with van der Waals surface area (Å²) in [5, 5.41) is 6.21. The highest BCUT2D eigenvalue weighted by molar-refractivity contribution is 6.08. The third-order valence-electron chi connectivity index (χ3n) is 6.56. The van der Waals surface area contributed by atoms with E-state index in [0.29, 0.717) is 12.3 Å². The molecule has 8 nitrogen and oxygen atoms in total. The van der Waals surface area contributed by atoms with Gasteiger partial charge in [0.05, 0.1) is 12.2 Å². The van der Waals surface area contributed by atoms with Crippen molar-refractivity contribution in [2.45, 2.75) is 46.3 Å². The molecule has 1 amide bonds. The van der Waals surface area contributed by atoms with Crippen molar-refractivity contribution in [2.24, 2.45) is 0 Å². The van der Waals surface area contributed by atoms with E-state index in [1.165, 1.54) is 6.92 Å². The van der Waals surface area contributed by atoms with Gasteiger partial charge in [0, 0.05) is 29.4 Å². The number of anilines is 2. The first kappa shape index (κ1) is 32.0. The van der Waals surface area contributed by atoms with Gasteiger partial charge in [-0.3, -0.25) is 14.4 Å². The minimum absolute atomic E-state index is 0.00364. The molecule has 0 bridgehead atoms. The lowest BCUT2D eigenvalue weighted by atomic mass is 9.98. The second-order valence-corrected chi connectivity index (χ2v) is 11.2. The molecule has 0 radical (unpaired) electrons. The molecule has 1 heterocycles. The average Bonchev–Trinajstić information content (AvgIpc) is 3.81. The van der Waals surface area contributed by atoms with E-state index in [2.05, 4.69) is 17.2 Å². The van der Waals surface area contributed by atoms with Crippen molar-refractivity contribution >= 4 is 34.8 Å². The van der Waals surface area contributed by atoms with Gasteiger partial charge in [0.1, 0.15) is 24.0 Å². The van der Waals surface area contributed by atoms with Gasteiger partial charge >= 0.3 is 11.9 Å². The highest BCUT2D eigenvalue weighted by atomic mass is 16.6. The van der Waals surface area contributed by atoms with E-state index in [0.717, 1.165) is 33.5 Å². The topological polar surface area (TPSA) is 106 Å². The summed E-state index contributed by atoms with van der Waals surface area (Å²) >= 11 is 0. The van der Waals surface area contributed by atoms with Crippen LogP contribution in [0.3, 0.4) is 0 Å². The van der Waals surface area contributed by atoms with Gasteiger partial charge < -0.3 is 24.8 Å². The third kappa shape index (κ3) is 8.55. The number of hydrogen-bond donors (Lipinski definition) is 2. The lowest BCUT2D eigenvalue weighted by Crippen LogP contribution is -2.28. The van der Waals surface area contributed by atoms with Crippen LogP contribution in [-0.4, -0.2) is 36.6 Å². The Morgan fingerprint density at radius 3 is 2.45 bits per heavy atom. The van der Waals surface area contributed by atoms with E-state index in [9.17, 15) is 14.4 Å². The summed E-state index contributed by atoms with van der Waals surface area (Å²) in [6.07, 6.45) is 7.21. The second kappa shape index (κ2) is 14.0. The maximum atomic E-state index is 13.8. The van der Waals surface area contributed by atoms with E-state index in [-0.39, 0.29) is 29.9 Å². The van der Waals surface area contributed by atoms with Crippen LogP contribution in [0.4, 0.5) is 11.4 Å². The Morgan fingerprint density at radius 1 is 1.05 bits per heavy atom. The summed E-state index contributed by atoms with van der Waals surface area (Å²) in [5.41, 5.74) is 4.92. The summed E-state index contributed by atoms with van der Waals surface area (Å²) in [5.74, 6) is -1.21. The first-order valence-corrected chi connectivity index (χ1v) is 14.4. The Hall–Kier alpha value is -4.95. The number of hydrogen-bond acceptors (Lipinski definition) is 7. The SMILES string of the molecule is C=C/C(=C\C=C/C)c1ccc(OC(C)=O)c(C(=O)Nc2cc(-c3ccccc3NCC(=O)OC(C)(C)C)ccc2[C@H]2CO2)c1. The van der Waals surface area contributed by atoms with Gasteiger partial charge in [0.25, 0.3) is 5.91 Å². The zero-order valence-electron chi connectivity index (χ0n) is 25.7. The monoisotopic (exact) mass is 594 g/mol. The molecule has 1 aliphatic rings. The number of para-hydroxylation sites is 1. The Balaban J connectivity index is 1.68. The van der Waals surface area contributed by atoms with Gasteiger partial charge in [-0.15, -0.1) is 0 Å². The maximum absolute atomic E-state index is 13.8. The maximum Gasteiger partial charge on any atom is 0.325 e. The third-order valence-corrected chi connectivity index (χ3v) is 6.56. The second-order valence-electron chi connectivity index (χ2n) is 11.2. The number of carbonyl (C=O) groups excluding carboxylic acids is 3. The molecule has 1 fully saturated rings. The van der Waals surface area contributed by atoms with Crippen LogP contribution in [0.25, 0.3) is 16.7 Å². The van der Waals surface area contributed by atoms with E-state index in [1.807, 2.05) is 88.4 Å². The van der Waals surface area contributed by atoms with Crippen LogP contribution in [0, 0.1) is 0 Å². The zero-order valence-corrected chi connectivity index (χ0v) is 25.7. The number of carbonyl (C=O) groups is 3.